The SMILES string of the molecule is CC1CCCC(C)N1N=Nc1ccccc1. The predicted molar refractivity (Wildman–Crippen MR) is 65.6 cm³/mol. The minimum absolute atomic E-state index is 0.510. The molecule has 1 aromatic rings. The highest BCUT2D eigenvalue weighted by Crippen LogP contribution is 2.24. The number of piperidine rings is 1. The van der Waals surface area contributed by atoms with E-state index >= 15 is 0 Å². The molecule has 0 bridgehead atoms. The van der Waals surface area contributed by atoms with Gasteiger partial charge in [-0.15, -0.1) is 5.11 Å². The summed E-state index contributed by atoms with van der Waals surface area (Å²) in [4.78, 5) is 0. The van der Waals surface area contributed by atoms with E-state index in [2.05, 4.69) is 29.2 Å². The Kier molecular flexibility index (Phi) is 3.54. The van der Waals surface area contributed by atoms with Crippen LogP contribution in [0.4, 0.5) is 5.69 Å². The summed E-state index contributed by atoms with van der Waals surface area (Å²) in [6.07, 6.45) is 3.75. The molecule has 3 nitrogen and oxygen atoms in total. The van der Waals surface area contributed by atoms with E-state index in [-0.39, 0.29) is 0 Å². The molecular weight excluding hydrogens is 198 g/mol. The Labute approximate surface area is 97.2 Å². The van der Waals surface area contributed by atoms with E-state index in [4.69, 9.17) is 0 Å². The molecule has 1 saturated heterocycles. The minimum Gasteiger partial charge on any atom is -0.273 e. The summed E-state index contributed by atoms with van der Waals surface area (Å²) in [5.74, 6) is 0. The Bertz CT molecular complexity index is 337. The lowest BCUT2D eigenvalue weighted by Crippen LogP contribution is -2.39. The van der Waals surface area contributed by atoms with Crippen molar-refractivity contribution in [3.05, 3.63) is 30.3 Å². The quantitative estimate of drug-likeness (QED) is 0.689. The molecule has 1 fully saturated rings. The normalized spacial score (nSPS) is 26.2. The average molecular weight is 217 g/mol. The van der Waals surface area contributed by atoms with E-state index in [0.717, 1.165) is 5.69 Å². The summed E-state index contributed by atoms with van der Waals surface area (Å²) in [5, 5.41) is 10.8. The second kappa shape index (κ2) is 5.10. The molecule has 3 heteroatoms. The molecule has 1 heterocycles. The number of nitrogens with zero attached hydrogens (tertiary/aromatic N) is 3. The van der Waals surface area contributed by atoms with E-state index in [0.29, 0.717) is 12.1 Å². The zero-order valence-corrected chi connectivity index (χ0v) is 10.0. The van der Waals surface area contributed by atoms with Crippen LogP contribution >= 0.6 is 0 Å². The molecule has 1 aliphatic rings. The second-order valence-electron chi connectivity index (χ2n) is 4.53. The monoisotopic (exact) mass is 217 g/mol. The van der Waals surface area contributed by atoms with E-state index < -0.39 is 0 Å². The Hall–Kier alpha value is -1.38. The zero-order valence-electron chi connectivity index (χ0n) is 10.0. The molecule has 2 atom stereocenters. The molecule has 0 N–H and O–H groups in total. The molecule has 1 aromatic carbocycles. The van der Waals surface area contributed by atoms with Gasteiger partial charge in [-0.25, -0.2) is 0 Å². The molecule has 0 spiro atoms. The lowest BCUT2D eigenvalue weighted by atomic mass is 10.00. The van der Waals surface area contributed by atoms with Crippen LogP contribution in [0.5, 0.6) is 0 Å². The summed E-state index contributed by atoms with van der Waals surface area (Å²) >= 11 is 0. The van der Waals surface area contributed by atoms with E-state index in [1.54, 1.807) is 0 Å². The topological polar surface area (TPSA) is 28.0 Å². The van der Waals surface area contributed by atoms with Gasteiger partial charge in [0.15, 0.2) is 0 Å². The third kappa shape index (κ3) is 2.60. The van der Waals surface area contributed by atoms with Crippen molar-refractivity contribution in [1.82, 2.24) is 5.01 Å². The van der Waals surface area contributed by atoms with Crippen LogP contribution in [0.2, 0.25) is 0 Å². The van der Waals surface area contributed by atoms with E-state index in [9.17, 15) is 0 Å². The molecule has 0 amide bonds. The third-order valence-corrected chi connectivity index (χ3v) is 3.17. The van der Waals surface area contributed by atoms with Gasteiger partial charge in [0.1, 0.15) is 0 Å². The molecule has 2 unspecified atom stereocenters. The molecule has 0 radical (unpaired) electrons. The van der Waals surface area contributed by atoms with Crippen molar-refractivity contribution >= 4 is 5.69 Å². The maximum Gasteiger partial charge on any atom is 0.0874 e. The standard InChI is InChI=1S/C13H19N3/c1-11-7-6-8-12(2)16(11)15-14-13-9-4-3-5-10-13/h3-5,9-12H,6-8H2,1-2H3. The Morgan fingerprint density at radius 2 is 1.69 bits per heavy atom. The fourth-order valence-electron chi connectivity index (χ4n) is 2.18. The number of rotatable bonds is 2. The van der Waals surface area contributed by atoms with Gasteiger partial charge >= 0.3 is 0 Å². The van der Waals surface area contributed by atoms with Gasteiger partial charge in [0.2, 0.25) is 0 Å². The van der Waals surface area contributed by atoms with Crippen LogP contribution in [0.1, 0.15) is 33.1 Å². The van der Waals surface area contributed by atoms with Crippen molar-refractivity contribution in [2.24, 2.45) is 10.3 Å². The summed E-state index contributed by atoms with van der Waals surface area (Å²) in [5.41, 5.74) is 0.924. The van der Waals surface area contributed by atoms with Gasteiger partial charge < -0.3 is 0 Å². The van der Waals surface area contributed by atoms with Crippen molar-refractivity contribution in [3.8, 4) is 0 Å². The van der Waals surface area contributed by atoms with Crippen molar-refractivity contribution in [2.45, 2.75) is 45.2 Å². The summed E-state index contributed by atoms with van der Waals surface area (Å²) in [7, 11) is 0. The summed E-state index contributed by atoms with van der Waals surface area (Å²) in [6, 6.07) is 10.9. The van der Waals surface area contributed by atoms with Crippen LogP contribution in [0.15, 0.2) is 40.7 Å². The molecule has 86 valence electrons. The van der Waals surface area contributed by atoms with Crippen LogP contribution in [0.25, 0.3) is 0 Å². The lowest BCUT2D eigenvalue weighted by Gasteiger charge is -2.35. The average Bonchev–Trinajstić information content (AvgIpc) is 2.30. The van der Waals surface area contributed by atoms with Crippen molar-refractivity contribution in [2.75, 3.05) is 0 Å². The summed E-state index contributed by atoms with van der Waals surface area (Å²) in [6.45, 7) is 4.44. The first kappa shape index (κ1) is 11.1. The molecule has 0 aromatic heterocycles. The Balaban J connectivity index is 2.05. The molecule has 2 rings (SSSR count). The van der Waals surface area contributed by atoms with Gasteiger partial charge in [-0.2, -0.15) is 0 Å². The molecular formula is C13H19N3. The van der Waals surface area contributed by atoms with Gasteiger partial charge in [-0.3, -0.25) is 5.01 Å². The number of hydrogen-bond acceptors (Lipinski definition) is 2. The zero-order chi connectivity index (χ0) is 11.4. The minimum atomic E-state index is 0.510. The molecule has 16 heavy (non-hydrogen) atoms. The highest BCUT2D eigenvalue weighted by molar-refractivity contribution is 5.34. The van der Waals surface area contributed by atoms with E-state index in [1.807, 2.05) is 30.3 Å². The third-order valence-electron chi connectivity index (χ3n) is 3.17. The Morgan fingerprint density at radius 3 is 2.31 bits per heavy atom. The van der Waals surface area contributed by atoms with Crippen LogP contribution in [0.3, 0.4) is 0 Å². The number of benzene rings is 1. The predicted octanol–water partition coefficient (Wildman–Crippen LogP) is 3.95. The fourth-order valence-corrected chi connectivity index (χ4v) is 2.18. The number of hydrogen-bond donors (Lipinski definition) is 0. The first-order chi connectivity index (χ1) is 7.77. The molecule has 0 saturated carbocycles. The maximum absolute atomic E-state index is 4.37. The highest BCUT2D eigenvalue weighted by atomic mass is 15.6. The van der Waals surface area contributed by atoms with Gasteiger partial charge in [-0.1, -0.05) is 23.4 Å². The van der Waals surface area contributed by atoms with Crippen LogP contribution in [0, 0.1) is 0 Å². The Morgan fingerprint density at radius 1 is 1.06 bits per heavy atom. The first-order valence-electron chi connectivity index (χ1n) is 6.02. The molecule has 0 aliphatic carbocycles. The van der Waals surface area contributed by atoms with Gasteiger partial charge in [-0.05, 0) is 45.2 Å². The fraction of sp³-hybridized carbons (Fsp3) is 0.538. The lowest BCUT2D eigenvalue weighted by molar-refractivity contribution is 0.0982. The van der Waals surface area contributed by atoms with Crippen LogP contribution in [-0.4, -0.2) is 17.1 Å². The van der Waals surface area contributed by atoms with Crippen molar-refractivity contribution < 1.29 is 0 Å². The van der Waals surface area contributed by atoms with Gasteiger partial charge in [0, 0.05) is 12.1 Å². The second-order valence-corrected chi connectivity index (χ2v) is 4.53. The van der Waals surface area contributed by atoms with Gasteiger partial charge in [0.05, 0.1) is 5.69 Å². The largest absolute Gasteiger partial charge is 0.273 e. The maximum atomic E-state index is 4.37. The van der Waals surface area contributed by atoms with Crippen LogP contribution < -0.4 is 0 Å². The van der Waals surface area contributed by atoms with Crippen molar-refractivity contribution in [1.29, 1.82) is 0 Å². The summed E-state index contributed by atoms with van der Waals surface area (Å²) < 4.78 is 0. The molecule has 1 aliphatic heterocycles. The van der Waals surface area contributed by atoms with E-state index in [1.165, 1.54) is 19.3 Å². The van der Waals surface area contributed by atoms with Crippen LogP contribution in [-0.2, 0) is 0 Å². The van der Waals surface area contributed by atoms with Crippen molar-refractivity contribution in [3.63, 3.8) is 0 Å². The smallest absolute Gasteiger partial charge is 0.0874 e. The first-order valence-corrected chi connectivity index (χ1v) is 6.02. The highest BCUT2D eigenvalue weighted by Gasteiger charge is 2.23. The van der Waals surface area contributed by atoms with Gasteiger partial charge in [0.25, 0.3) is 0 Å².